The number of rotatable bonds is 9. The van der Waals surface area contributed by atoms with Gasteiger partial charge in [0.25, 0.3) is 0 Å². The third-order valence-corrected chi connectivity index (χ3v) is 8.18. The number of nitrogens with zero attached hydrogens (tertiary/aromatic N) is 3. The van der Waals surface area contributed by atoms with Crippen molar-refractivity contribution in [1.82, 2.24) is 14.4 Å². The fourth-order valence-corrected chi connectivity index (χ4v) is 5.91. The van der Waals surface area contributed by atoms with Gasteiger partial charge in [-0.15, -0.1) is 0 Å². The fourth-order valence-electron chi connectivity index (χ4n) is 5.91. The maximum Gasteiger partial charge on any atom is 0.223 e. The van der Waals surface area contributed by atoms with Crippen molar-refractivity contribution in [1.29, 1.82) is 0 Å². The highest BCUT2D eigenvalue weighted by atomic mass is 16.5. The van der Waals surface area contributed by atoms with E-state index in [1.165, 1.54) is 22.0 Å². The first kappa shape index (κ1) is 26.9. The van der Waals surface area contributed by atoms with Gasteiger partial charge < -0.3 is 19.1 Å². The molecule has 6 rings (SSSR count). The van der Waals surface area contributed by atoms with Crippen molar-refractivity contribution in [3.8, 4) is 11.5 Å². The lowest BCUT2D eigenvalue weighted by atomic mass is 9.87. The lowest BCUT2D eigenvalue weighted by molar-refractivity contribution is -0.133. The number of fused-ring (bicyclic) bond motifs is 1. The molecule has 2 heterocycles. The summed E-state index contributed by atoms with van der Waals surface area (Å²) in [5, 5.41) is 1.19. The second-order valence-electron chi connectivity index (χ2n) is 10.8. The van der Waals surface area contributed by atoms with E-state index in [1.54, 1.807) is 0 Å². The molecule has 41 heavy (non-hydrogen) atoms. The number of ether oxygens (including phenoxy) is 1. The van der Waals surface area contributed by atoms with Crippen LogP contribution in [-0.4, -0.2) is 53.0 Å². The minimum absolute atomic E-state index is 0.104. The predicted molar refractivity (Wildman–Crippen MR) is 166 cm³/mol. The zero-order chi connectivity index (χ0) is 28.0. The van der Waals surface area contributed by atoms with Gasteiger partial charge >= 0.3 is 0 Å². The number of hydrogen-bond donors (Lipinski definition) is 0. The van der Waals surface area contributed by atoms with E-state index in [0.717, 1.165) is 56.3 Å². The Hall–Kier alpha value is -4.35. The van der Waals surface area contributed by atoms with E-state index in [0.29, 0.717) is 6.42 Å². The highest BCUT2D eigenvalue weighted by molar-refractivity contribution is 5.87. The Morgan fingerprint density at radius 2 is 1.46 bits per heavy atom. The number of para-hydroxylation sites is 2. The molecule has 0 unspecified atom stereocenters. The van der Waals surface area contributed by atoms with Gasteiger partial charge in [0.1, 0.15) is 11.5 Å². The molecule has 1 saturated heterocycles. The molecule has 0 aliphatic carbocycles. The van der Waals surface area contributed by atoms with Gasteiger partial charge in [-0.3, -0.25) is 4.79 Å². The average Bonchev–Trinajstić information content (AvgIpc) is 3.38. The smallest absolute Gasteiger partial charge is 0.223 e. The Morgan fingerprint density at radius 3 is 2.22 bits per heavy atom. The summed E-state index contributed by atoms with van der Waals surface area (Å²) in [6.45, 7) is 7.42. The molecule has 0 radical (unpaired) electrons. The van der Waals surface area contributed by atoms with Crippen molar-refractivity contribution < 1.29 is 9.53 Å². The van der Waals surface area contributed by atoms with Crippen LogP contribution >= 0.6 is 0 Å². The monoisotopic (exact) mass is 543 g/mol. The highest BCUT2D eigenvalue weighted by Gasteiger charge is 2.27. The molecule has 0 spiro atoms. The largest absolute Gasteiger partial charge is 0.457 e. The van der Waals surface area contributed by atoms with E-state index in [2.05, 4.69) is 89.3 Å². The van der Waals surface area contributed by atoms with Crippen LogP contribution in [0.1, 0.15) is 36.0 Å². The summed E-state index contributed by atoms with van der Waals surface area (Å²) >= 11 is 0. The third kappa shape index (κ3) is 6.21. The highest BCUT2D eigenvalue weighted by Crippen LogP contribution is 2.37. The van der Waals surface area contributed by atoms with Gasteiger partial charge in [-0.1, -0.05) is 85.8 Å². The number of benzene rings is 4. The second-order valence-corrected chi connectivity index (χ2v) is 10.8. The van der Waals surface area contributed by atoms with Crippen molar-refractivity contribution in [3.05, 3.63) is 132 Å². The van der Waals surface area contributed by atoms with Crippen LogP contribution in [0.25, 0.3) is 10.9 Å². The number of carbonyl (C=O) groups is 1. The molecule has 5 nitrogen and oxygen atoms in total. The Labute approximate surface area is 242 Å². The van der Waals surface area contributed by atoms with Gasteiger partial charge in [0.2, 0.25) is 5.91 Å². The molecule has 1 aromatic heterocycles. The number of aromatic nitrogens is 1. The van der Waals surface area contributed by atoms with Gasteiger partial charge in [-0.2, -0.15) is 0 Å². The van der Waals surface area contributed by atoms with Crippen molar-refractivity contribution in [2.45, 2.75) is 25.8 Å². The molecule has 5 aromatic rings. The SMILES string of the molecule is CCN1CCN(C(=O)C[C@@H](c2cccc(Oc3ccccc3)c2)c2cn(Cc3ccccc3)c3ccccc23)CC1. The first-order chi connectivity index (χ1) is 20.2. The van der Waals surface area contributed by atoms with Gasteiger partial charge in [0.05, 0.1) is 0 Å². The van der Waals surface area contributed by atoms with Crippen molar-refractivity contribution in [2.24, 2.45) is 0 Å². The van der Waals surface area contributed by atoms with E-state index in [-0.39, 0.29) is 11.8 Å². The maximum atomic E-state index is 13.8. The van der Waals surface area contributed by atoms with Crippen molar-refractivity contribution >= 4 is 16.8 Å². The Balaban J connectivity index is 1.37. The zero-order valence-electron chi connectivity index (χ0n) is 23.7. The molecule has 1 aliphatic heterocycles. The lowest BCUT2D eigenvalue weighted by Crippen LogP contribution is -2.48. The summed E-state index contributed by atoms with van der Waals surface area (Å²) in [5.41, 5.74) is 4.69. The van der Waals surface area contributed by atoms with Gasteiger partial charge in [0, 0.05) is 62.2 Å². The first-order valence-corrected chi connectivity index (χ1v) is 14.6. The van der Waals surface area contributed by atoms with Gasteiger partial charge in [0.15, 0.2) is 0 Å². The van der Waals surface area contributed by atoms with Crippen LogP contribution in [0.2, 0.25) is 0 Å². The molecule has 4 aromatic carbocycles. The summed E-state index contributed by atoms with van der Waals surface area (Å²) in [4.78, 5) is 18.3. The van der Waals surface area contributed by atoms with Crippen LogP contribution in [0.4, 0.5) is 0 Å². The maximum absolute atomic E-state index is 13.8. The number of amides is 1. The molecular weight excluding hydrogens is 506 g/mol. The molecule has 208 valence electrons. The quantitative estimate of drug-likeness (QED) is 0.198. The molecule has 0 bridgehead atoms. The Kier molecular flexibility index (Phi) is 8.15. The molecule has 1 fully saturated rings. The Bertz CT molecular complexity index is 1590. The van der Waals surface area contributed by atoms with Crippen LogP contribution in [0, 0.1) is 0 Å². The zero-order valence-corrected chi connectivity index (χ0v) is 23.7. The minimum Gasteiger partial charge on any atom is -0.457 e. The summed E-state index contributed by atoms with van der Waals surface area (Å²) in [6, 6.07) is 37.2. The average molecular weight is 544 g/mol. The summed E-state index contributed by atoms with van der Waals surface area (Å²) in [6.07, 6.45) is 2.68. The first-order valence-electron chi connectivity index (χ1n) is 14.6. The summed E-state index contributed by atoms with van der Waals surface area (Å²) in [5.74, 6) is 1.68. The van der Waals surface area contributed by atoms with Crippen LogP contribution in [0.5, 0.6) is 11.5 Å². The molecule has 1 amide bonds. The number of carbonyl (C=O) groups excluding carboxylic acids is 1. The number of likely N-dealkylation sites (N-methyl/N-ethyl adjacent to an activating group) is 1. The lowest BCUT2D eigenvalue weighted by Gasteiger charge is -2.35. The molecule has 5 heteroatoms. The van der Waals surface area contributed by atoms with E-state index in [9.17, 15) is 4.79 Å². The van der Waals surface area contributed by atoms with Crippen LogP contribution < -0.4 is 4.74 Å². The molecule has 0 saturated carbocycles. The standard InChI is InChI=1S/C36H37N3O2/c1-2-37-20-22-38(23-21-37)36(40)25-33(29-14-11-17-31(24-29)41-30-15-7-4-8-16-30)34-27-39(26-28-12-5-3-6-13-28)35-19-10-9-18-32(34)35/h3-19,24,27,33H,2,20-23,25-26H2,1H3/t33-/m0/s1. The minimum atomic E-state index is -0.104. The van der Waals surface area contributed by atoms with Crippen molar-refractivity contribution in [3.63, 3.8) is 0 Å². The fraction of sp³-hybridized carbons (Fsp3) is 0.250. The van der Waals surface area contributed by atoms with E-state index >= 15 is 0 Å². The molecular formula is C36H37N3O2. The van der Waals surface area contributed by atoms with Gasteiger partial charge in [-0.05, 0) is 53.6 Å². The molecule has 1 atom stereocenters. The normalized spacial score (nSPS) is 14.7. The van der Waals surface area contributed by atoms with Crippen LogP contribution in [0.3, 0.4) is 0 Å². The molecule has 1 aliphatic rings. The Morgan fingerprint density at radius 1 is 0.780 bits per heavy atom. The van der Waals surface area contributed by atoms with Crippen LogP contribution in [0.15, 0.2) is 115 Å². The summed E-state index contributed by atoms with van der Waals surface area (Å²) in [7, 11) is 0. The van der Waals surface area contributed by atoms with Gasteiger partial charge in [-0.25, -0.2) is 0 Å². The second kappa shape index (κ2) is 12.4. The molecule has 0 N–H and O–H groups in total. The van der Waals surface area contributed by atoms with E-state index in [4.69, 9.17) is 4.74 Å². The third-order valence-electron chi connectivity index (χ3n) is 8.18. The number of piperazine rings is 1. The van der Waals surface area contributed by atoms with Crippen LogP contribution in [-0.2, 0) is 11.3 Å². The van der Waals surface area contributed by atoms with E-state index < -0.39 is 0 Å². The topological polar surface area (TPSA) is 37.7 Å². The summed E-state index contributed by atoms with van der Waals surface area (Å²) < 4.78 is 8.54. The predicted octanol–water partition coefficient (Wildman–Crippen LogP) is 7.17. The number of hydrogen-bond acceptors (Lipinski definition) is 3. The van der Waals surface area contributed by atoms with Crippen molar-refractivity contribution in [2.75, 3.05) is 32.7 Å². The van der Waals surface area contributed by atoms with E-state index in [1.807, 2.05) is 47.4 Å².